The summed E-state index contributed by atoms with van der Waals surface area (Å²) < 4.78 is 0. The van der Waals surface area contributed by atoms with Crippen LogP contribution in [-0.4, -0.2) is 15.5 Å². The van der Waals surface area contributed by atoms with Gasteiger partial charge in [-0.3, -0.25) is 4.98 Å². The molecule has 0 aliphatic heterocycles. The zero-order valence-corrected chi connectivity index (χ0v) is 9.69. The Bertz CT molecular complexity index is 301. The highest BCUT2D eigenvalue weighted by molar-refractivity contribution is 7.80. The van der Waals surface area contributed by atoms with Crippen LogP contribution < -0.4 is 5.32 Å². The van der Waals surface area contributed by atoms with E-state index in [-0.39, 0.29) is 5.54 Å². The largest absolute Gasteiger partial charge is 0.375 e. The van der Waals surface area contributed by atoms with Crippen LogP contribution in [0.3, 0.4) is 0 Å². The summed E-state index contributed by atoms with van der Waals surface area (Å²) >= 11 is 5.25. The lowest BCUT2D eigenvalue weighted by atomic mass is 10.1. The van der Waals surface area contributed by atoms with E-state index in [4.69, 9.17) is 12.2 Å². The van der Waals surface area contributed by atoms with E-state index >= 15 is 0 Å². The van der Waals surface area contributed by atoms with Crippen molar-refractivity contribution in [2.45, 2.75) is 32.7 Å². The van der Waals surface area contributed by atoms with Gasteiger partial charge in [-0.25, -0.2) is 0 Å². The number of rotatable bonds is 2. The Labute approximate surface area is 90.7 Å². The summed E-state index contributed by atoms with van der Waals surface area (Å²) in [6, 6.07) is 3.96. The molecule has 0 spiro atoms. The summed E-state index contributed by atoms with van der Waals surface area (Å²) in [6.07, 6.45) is 4.38. The summed E-state index contributed by atoms with van der Waals surface area (Å²) in [6.45, 7) is 6.30. The number of aromatic nitrogens is 1. The Kier molecular flexibility index (Phi) is 3.58. The summed E-state index contributed by atoms with van der Waals surface area (Å²) in [5.41, 5.74) is 1.19. The predicted octanol–water partition coefficient (Wildman–Crippen LogP) is 2.34. The normalized spacial score (nSPS) is 11.1. The molecule has 0 amide bonds. The molecular formula is C11H16N2S. The van der Waals surface area contributed by atoms with Crippen LogP contribution in [0.1, 0.15) is 26.3 Å². The summed E-state index contributed by atoms with van der Waals surface area (Å²) in [5.74, 6) is 0. The molecule has 0 fully saturated rings. The van der Waals surface area contributed by atoms with Gasteiger partial charge in [0, 0.05) is 24.4 Å². The van der Waals surface area contributed by atoms with Crippen LogP contribution in [0.25, 0.3) is 0 Å². The highest BCUT2D eigenvalue weighted by atomic mass is 32.1. The SMILES string of the molecule is CC(C)(C)NC(=S)Cc1cccnc1. The van der Waals surface area contributed by atoms with Crippen LogP contribution in [0.4, 0.5) is 0 Å². The quantitative estimate of drug-likeness (QED) is 0.755. The first-order chi connectivity index (χ1) is 6.47. The van der Waals surface area contributed by atoms with Crippen LogP contribution in [0, 0.1) is 0 Å². The van der Waals surface area contributed by atoms with E-state index in [0.717, 1.165) is 17.0 Å². The lowest BCUT2D eigenvalue weighted by Gasteiger charge is -2.22. The van der Waals surface area contributed by atoms with Crippen molar-refractivity contribution in [2.24, 2.45) is 0 Å². The smallest absolute Gasteiger partial charge is 0.0802 e. The molecule has 0 aromatic carbocycles. The lowest BCUT2D eigenvalue weighted by Crippen LogP contribution is -2.40. The fourth-order valence-electron chi connectivity index (χ4n) is 1.15. The molecule has 0 saturated heterocycles. The van der Waals surface area contributed by atoms with Crippen molar-refractivity contribution in [1.82, 2.24) is 10.3 Å². The van der Waals surface area contributed by atoms with Gasteiger partial charge in [-0.05, 0) is 32.4 Å². The molecule has 0 bridgehead atoms. The minimum atomic E-state index is 0.0410. The van der Waals surface area contributed by atoms with E-state index in [1.807, 2.05) is 18.3 Å². The minimum Gasteiger partial charge on any atom is -0.375 e. The van der Waals surface area contributed by atoms with Gasteiger partial charge in [0.25, 0.3) is 0 Å². The maximum atomic E-state index is 5.25. The molecule has 0 aliphatic carbocycles. The monoisotopic (exact) mass is 208 g/mol. The molecular weight excluding hydrogens is 192 g/mol. The maximum Gasteiger partial charge on any atom is 0.0802 e. The van der Waals surface area contributed by atoms with Crippen LogP contribution >= 0.6 is 12.2 Å². The minimum absolute atomic E-state index is 0.0410. The zero-order chi connectivity index (χ0) is 10.6. The van der Waals surface area contributed by atoms with Crippen LogP contribution in [0.2, 0.25) is 0 Å². The standard InChI is InChI=1S/C11H16N2S/c1-11(2,3)13-10(14)7-9-5-4-6-12-8-9/h4-6,8H,7H2,1-3H3,(H,13,14). The van der Waals surface area contributed by atoms with Gasteiger partial charge in [0.2, 0.25) is 0 Å². The van der Waals surface area contributed by atoms with Crippen molar-refractivity contribution in [2.75, 3.05) is 0 Å². The van der Waals surface area contributed by atoms with Gasteiger partial charge in [-0.2, -0.15) is 0 Å². The number of nitrogens with zero attached hydrogens (tertiary/aromatic N) is 1. The zero-order valence-electron chi connectivity index (χ0n) is 8.87. The Morgan fingerprint density at radius 2 is 2.21 bits per heavy atom. The first kappa shape index (κ1) is 11.1. The molecule has 14 heavy (non-hydrogen) atoms. The molecule has 0 saturated carbocycles. The Morgan fingerprint density at radius 1 is 1.50 bits per heavy atom. The number of thiocarbonyl (C=S) groups is 1. The number of hydrogen-bond donors (Lipinski definition) is 1. The van der Waals surface area contributed by atoms with Gasteiger partial charge < -0.3 is 5.32 Å². The van der Waals surface area contributed by atoms with Gasteiger partial charge in [0.15, 0.2) is 0 Å². The van der Waals surface area contributed by atoms with E-state index in [1.54, 1.807) is 6.20 Å². The molecule has 1 aromatic heterocycles. The number of hydrogen-bond acceptors (Lipinski definition) is 2. The van der Waals surface area contributed by atoms with Crippen molar-refractivity contribution in [3.8, 4) is 0 Å². The number of pyridine rings is 1. The predicted molar refractivity (Wildman–Crippen MR) is 63.4 cm³/mol. The molecule has 0 aliphatic rings. The molecule has 0 radical (unpaired) electrons. The average Bonchev–Trinajstić information content (AvgIpc) is 2.02. The van der Waals surface area contributed by atoms with Crippen LogP contribution in [-0.2, 0) is 6.42 Å². The van der Waals surface area contributed by atoms with Crippen molar-refractivity contribution < 1.29 is 0 Å². The first-order valence-electron chi connectivity index (χ1n) is 4.67. The van der Waals surface area contributed by atoms with Crippen molar-refractivity contribution in [3.63, 3.8) is 0 Å². The fourth-order valence-corrected chi connectivity index (χ4v) is 1.62. The van der Waals surface area contributed by atoms with E-state index < -0.39 is 0 Å². The van der Waals surface area contributed by atoms with Crippen LogP contribution in [0.15, 0.2) is 24.5 Å². The third-order valence-corrected chi connectivity index (χ3v) is 1.85. The highest BCUT2D eigenvalue weighted by Gasteiger charge is 2.10. The lowest BCUT2D eigenvalue weighted by molar-refractivity contribution is 0.512. The molecule has 3 heteroatoms. The molecule has 1 rings (SSSR count). The van der Waals surface area contributed by atoms with Gasteiger partial charge in [0.05, 0.1) is 4.99 Å². The van der Waals surface area contributed by atoms with Crippen molar-refractivity contribution in [1.29, 1.82) is 0 Å². The molecule has 1 heterocycles. The number of nitrogens with one attached hydrogen (secondary N) is 1. The topological polar surface area (TPSA) is 24.9 Å². The third-order valence-electron chi connectivity index (χ3n) is 1.60. The second-order valence-corrected chi connectivity index (χ2v) is 4.83. The molecule has 1 N–H and O–H groups in total. The molecule has 0 unspecified atom stereocenters. The molecule has 1 aromatic rings. The summed E-state index contributed by atoms with van der Waals surface area (Å²) in [5, 5.41) is 3.27. The van der Waals surface area contributed by atoms with E-state index in [2.05, 4.69) is 31.1 Å². The summed E-state index contributed by atoms with van der Waals surface area (Å²) in [7, 11) is 0. The first-order valence-corrected chi connectivity index (χ1v) is 5.08. The van der Waals surface area contributed by atoms with E-state index in [1.165, 1.54) is 0 Å². The van der Waals surface area contributed by atoms with Crippen LogP contribution in [0.5, 0.6) is 0 Å². The Morgan fingerprint density at radius 3 is 2.71 bits per heavy atom. The average molecular weight is 208 g/mol. The van der Waals surface area contributed by atoms with E-state index in [0.29, 0.717) is 0 Å². The molecule has 76 valence electrons. The second-order valence-electron chi connectivity index (χ2n) is 4.34. The summed E-state index contributed by atoms with van der Waals surface area (Å²) in [4.78, 5) is 4.91. The second kappa shape index (κ2) is 4.51. The Hall–Kier alpha value is -0.960. The highest BCUT2D eigenvalue weighted by Crippen LogP contribution is 2.03. The maximum absolute atomic E-state index is 5.25. The van der Waals surface area contributed by atoms with Gasteiger partial charge in [-0.1, -0.05) is 18.3 Å². The molecule has 2 nitrogen and oxygen atoms in total. The third kappa shape index (κ3) is 4.33. The fraction of sp³-hybridized carbons (Fsp3) is 0.455. The van der Waals surface area contributed by atoms with Gasteiger partial charge in [0.1, 0.15) is 0 Å². The Balaban J connectivity index is 2.50. The van der Waals surface area contributed by atoms with E-state index in [9.17, 15) is 0 Å². The van der Waals surface area contributed by atoms with Crippen molar-refractivity contribution in [3.05, 3.63) is 30.1 Å². The van der Waals surface area contributed by atoms with Gasteiger partial charge >= 0.3 is 0 Å². The molecule has 0 atom stereocenters. The van der Waals surface area contributed by atoms with Crippen molar-refractivity contribution >= 4 is 17.2 Å². The van der Waals surface area contributed by atoms with Gasteiger partial charge in [-0.15, -0.1) is 0 Å².